The maximum Gasteiger partial charge on any atom is 0.257 e. The van der Waals surface area contributed by atoms with Gasteiger partial charge in [-0.05, 0) is 48.9 Å². The highest BCUT2D eigenvalue weighted by atomic mass is 32.2. The molecule has 2 aliphatic rings. The van der Waals surface area contributed by atoms with Gasteiger partial charge in [0, 0.05) is 37.6 Å². The molecule has 0 bridgehead atoms. The first-order chi connectivity index (χ1) is 16.1. The van der Waals surface area contributed by atoms with E-state index in [1.807, 2.05) is 46.3 Å². The summed E-state index contributed by atoms with van der Waals surface area (Å²) in [6.07, 6.45) is 7.51. The SMILES string of the molecule is CSC1CCN(C(=O)c2cnc3ccsc3c2N2CCC(C#N)(c3ccccc3)CC2)CC1. The van der Waals surface area contributed by atoms with Crippen molar-refractivity contribution < 1.29 is 4.79 Å². The zero-order valence-electron chi connectivity index (χ0n) is 18.9. The molecule has 0 spiro atoms. The summed E-state index contributed by atoms with van der Waals surface area (Å²) in [5.41, 5.74) is 3.27. The average Bonchev–Trinajstić information content (AvgIpc) is 3.37. The van der Waals surface area contributed by atoms with E-state index in [1.54, 1.807) is 17.5 Å². The third-order valence-electron chi connectivity index (χ3n) is 7.21. The summed E-state index contributed by atoms with van der Waals surface area (Å²) >= 11 is 3.55. The maximum absolute atomic E-state index is 13.6. The van der Waals surface area contributed by atoms with Gasteiger partial charge in [-0.2, -0.15) is 17.0 Å². The molecule has 2 aliphatic heterocycles. The molecule has 0 N–H and O–H groups in total. The third-order valence-corrected chi connectivity index (χ3v) is 9.26. The largest absolute Gasteiger partial charge is 0.369 e. The van der Waals surface area contributed by atoms with Crippen LogP contribution in [0.2, 0.25) is 0 Å². The third kappa shape index (κ3) is 4.11. The second-order valence-corrected chi connectivity index (χ2v) is 11.0. The molecule has 1 aromatic carbocycles. The predicted molar refractivity (Wildman–Crippen MR) is 137 cm³/mol. The van der Waals surface area contributed by atoms with Crippen LogP contribution in [0.3, 0.4) is 0 Å². The fourth-order valence-electron chi connectivity index (χ4n) is 5.17. The Morgan fingerprint density at radius 1 is 1.15 bits per heavy atom. The molecular formula is C26H28N4OS2. The summed E-state index contributed by atoms with van der Waals surface area (Å²) in [5, 5.41) is 12.8. The number of carbonyl (C=O) groups excluding carboxylic acids is 1. The number of anilines is 1. The smallest absolute Gasteiger partial charge is 0.257 e. The number of rotatable bonds is 4. The van der Waals surface area contributed by atoms with E-state index in [0.29, 0.717) is 10.8 Å². The van der Waals surface area contributed by atoms with Gasteiger partial charge >= 0.3 is 0 Å². The number of hydrogen-bond acceptors (Lipinski definition) is 6. The van der Waals surface area contributed by atoms with Crippen LogP contribution < -0.4 is 4.90 Å². The summed E-state index contributed by atoms with van der Waals surface area (Å²) in [7, 11) is 0. The lowest BCUT2D eigenvalue weighted by atomic mass is 9.74. The highest BCUT2D eigenvalue weighted by Gasteiger charge is 2.38. The van der Waals surface area contributed by atoms with Gasteiger partial charge in [-0.3, -0.25) is 9.78 Å². The van der Waals surface area contributed by atoms with Gasteiger partial charge in [0.05, 0.1) is 33.0 Å². The van der Waals surface area contributed by atoms with Crippen molar-refractivity contribution in [3.8, 4) is 6.07 Å². The molecule has 33 heavy (non-hydrogen) atoms. The Balaban J connectivity index is 1.44. The number of benzene rings is 1. The molecule has 5 nitrogen and oxygen atoms in total. The summed E-state index contributed by atoms with van der Waals surface area (Å²) in [6, 6.07) is 14.8. The first-order valence-corrected chi connectivity index (χ1v) is 13.7. The number of thioether (sulfide) groups is 1. The van der Waals surface area contributed by atoms with Crippen molar-refractivity contribution in [3.05, 3.63) is 59.1 Å². The van der Waals surface area contributed by atoms with Crippen molar-refractivity contribution in [2.75, 3.05) is 37.3 Å². The van der Waals surface area contributed by atoms with Crippen LogP contribution in [0.4, 0.5) is 5.69 Å². The van der Waals surface area contributed by atoms with Crippen LogP contribution in [0.1, 0.15) is 41.6 Å². The standard InChI is InChI=1S/C26H28N4OS2/c1-32-20-7-12-30(13-8-20)25(31)21-17-28-22-9-16-33-24(22)23(21)29-14-10-26(18-27,11-15-29)19-5-3-2-4-6-19/h2-6,9,16-17,20H,7-8,10-15H2,1H3. The Bertz CT molecular complexity index is 1170. The fourth-order valence-corrected chi connectivity index (χ4v) is 6.78. The van der Waals surface area contributed by atoms with E-state index in [2.05, 4.69) is 34.3 Å². The number of carbonyl (C=O) groups is 1. The van der Waals surface area contributed by atoms with Gasteiger partial charge in [-0.15, -0.1) is 11.3 Å². The van der Waals surface area contributed by atoms with Crippen LogP contribution in [0.25, 0.3) is 10.2 Å². The van der Waals surface area contributed by atoms with E-state index in [0.717, 1.165) is 73.3 Å². The molecule has 3 aromatic rings. The summed E-state index contributed by atoms with van der Waals surface area (Å²) in [5.74, 6) is 0.0903. The molecule has 0 unspecified atom stereocenters. The quantitative estimate of drug-likeness (QED) is 0.510. The lowest BCUT2D eigenvalue weighted by molar-refractivity contribution is 0.0728. The van der Waals surface area contributed by atoms with Gasteiger partial charge in [0.25, 0.3) is 5.91 Å². The predicted octanol–water partition coefficient (Wildman–Crippen LogP) is 5.33. The number of amides is 1. The molecule has 0 atom stereocenters. The number of fused-ring (bicyclic) bond motifs is 1. The second-order valence-electron chi connectivity index (χ2n) is 8.93. The molecule has 2 fully saturated rings. The van der Waals surface area contributed by atoms with E-state index >= 15 is 0 Å². The molecule has 2 saturated heterocycles. The van der Waals surface area contributed by atoms with Crippen molar-refractivity contribution in [3.63, 3.8) is 0 Å². The zero-order valence-corrected chi connectivity index (χ0v) is 20.5. The summed E-state index contributed by atoms with van der Waals surface area (Å²) < 4.78 is 1.07. The number of nitriles is 1. The van der Waals surface area contributed by atoms with E-state index < -0.39 is 5.41 Å². The first-order valence-electron chi connectivity index (χ1n) is 11.6. The Morgan fingerprint density at radius 3 is 2.55 bits per heavy atom. The number of aromatic nitrogens is 1. The van der Waals surface area contributed by atoms with E-state index in [4.69, 9.17) is 0 Å². The van der Waals surface area contributed by atoms with Crippen LogP contribution in [-0.4, -0.2) is 53.5 Å². The first kappa shape index (κ1) is 22.2. The Morgan fingerprint density at radius 2 is 1.88 bits per heavy atom. The number of nitrogens with zero attached hydrogens (tertiary/aromatic N) is 4. The van der Waals surface area contributed by atoms with Crippen molar-refractivity contribution >= 4 is 44.9 Å². The number of hydrogen-bond donors (Lipinski definition) is 0. The molecular weight excluding hydrogens is 448 g/mol. The normalized spacial score (nSPS) is 18.9. The van der Waals surface area contributed by atoms with Crippen molar-refractivity contribution in [2.24, 2.45) is 0 Å². The Kier molecular flexibility index (Phi) is 6.31. The second kappa shape index (κ2) is 9.36. The van der Waals surface area contributed by atoms with Gasteiger partial charge in [0.2, 0.25) is 0 Å². The number of piperidine rings is 2. The van der Waals surface area contributed by atoms with E-state index in [1.165, 1.54) is 0 Å². The van der Waals surface area contributed by atoms with Gasteiger partial charge in [0.15, 0.2) is 0 Å². The van der Waals surface area contributed by atoms with Gasteiger partial charge < -0.3 is 9.80 Å². The number of thiophene rings is 1. The van der Waals surface area contributed by atoms with Crippen molar-refractivity contribution in [2.45, 2.75) is 36.3 Å². The molecule has 0 radical (unpaired) electrons. The van der Waals surface area contributed by atoms with Crippen LogP contribution in [0.5, 0.6) is 0 Å². The van der Waals surface area contributed by atoms with Gasteiger partial charge in [0.1, 0.15) is 0 Å². The minimum Gasteiger partial charge on any atom is -0.369 e. The zero-order chi connectivity index (χ0) is 22.8. The van der Waals surface area contributed by atoms with Gasteiger partial charge in [-0.1, -0.05) is 30.3 Å². The maximum atomic E-state index is 13.6. The lowest BCUT2D eigenvalue weighted by Crippen LogP contribution is -2.44. The van der Waals surface area contributed by atoms with E-state index in [-0.39, 0.29) is 5.91 Å². The highest BCUT2D eigenvalue weighted by Crippen LogP contribution is 2.41. The average molecular weight is 477 g/mol. The van der Waals surface area contributed by atoms with Crippen molar-refractivity contribution in [1.29, 1.82) is 5.26 Å². The molecule has 4 heterocycles. The Hall–Kier alpha value is -2.56. The lowest BCUT2D eigenvalue weighted by Gasteiger charge is -2.40. The summed E-state index contributed by atoms with van der Waals surface area (Å²) in [4.78, 5) is 22.6. The monoisotopic (exact) mass is 476 g/mol. The van der Waals surface area contributed by atoms with Gasteiger partial charge in [-0.25, -0.2) is 0 Å². The van der Waals surface area contributed by atoms with Crippen molar-refractivity contribution in [1.82, 2.24) is 9.88 Å². The topological polar surface area (TPSA) is 60.2 Å². The minimum atomic E-state index is -0.469. The molecule has 2 aromatic heterocycles. The minimum absolute atomic E-state index is 0.0903. The Labute approximate surface area is 203 Å². The molecule has 0 saturated carbocycles. The number of pyridine rings is 1. The molecule has 0 aliphatic carbocycles. The molecule has 1 amide bonds. The van der Waals surface area contributed by atoms with E-state index in [9.17, 15) is 10.1 Å². The number of likely N-dealkylation sites (tertiary alicyclic amines) is 1. The molecule has 7 heteroatoms. The highest BCUT2D eigenvalue weighted by molar-refractivity contribution is 7.99. The van der Waals surface area contributed by atoms with Crippen LogP contribution >= 0.6 is 23.1 Å². The fraction of sp³-hybridized carbons (Fsp3) is 0.423. The summed E-state index contributed by atoms with van der Waals surface area (Å²) in [6.45, 7) is 3.10. The van der Waals surface area contributed by atoms with Crippen LogP contribution in [0, 0.1) is 11.3 Å². The van der Waals surface area contributed by atoms with Crippen LogP contribution in [-0.2, 0) is 5.41 Å². The molecule has 170 valence electrons. The van der Waals surface area contributed by atoms with Crippen LogP contribution in [0.15, 0.2) is 48.0 Å². The molecule has 5 rings (SSSR count).